The normalized spacial score (nSPS) is 15.4. The van der Waals surface area contributed by atoms with Crippen LogP contribution in [0.5, 0.6) is 5.75 Å². The Hall–Kier alpha value is -1.87. The van der Waals surface area contributed by atoms with Crippen LogP contribution in [0.2, 0.25) is 0 Å². The summed E-state index contributed by atoms with van der Waals surface area (Å²) in [6.07, 6.45) is 0.937. The van der Waals surface area contributed by atoms with E-state index < -0.39 is 0 Å². The largest absolute Gasteiger partial charge is 0.493 e. The van der Waals surface area contributed by atoms with Crippen LogP contribution in [0, 0.1) is 5.82 Å². The molecular weight excluding hydrogens is 265 g/mol. The van der Waals surface area contributed by atoms with Crippen molar-refractivity contribution in [1.82, 2.24) is 0 Å². The van der Waals surface area contributed by atoms with Crippen LogP contribution >= 0.6 is 0 Å². The quantitative estimate of drug-likeness (QED) is 0.932. The van der Waals surface area contributed by atoms with Crippen molar-refractivity contribution in [3.05, 3.63) is 65.0 Å². The molecule has 1 unspecified atom stereocenters. The molecule has 0 saturated carbocycles. The smallest absolute Gasteiger partial charge is 0.127 e. The Kier molecular flexibility index (Phi) is 3.46. The van der Waals surface area contributed by atoms with E-state index in [0.717, 1.165) is 29.9 Å². The highest BCUT2D eigenvalue weighted by Gasteiger charge is 2.33. The molecule has 0 spiro atoms. The Morgan fingerprint density at radius 1 is 1.14 bits per heavy atom. The molecule has 2 nitrogen and oxygen atoms in total. The number of para-hydroxylation sites is 1. The van der Waals surface area contributed by atoms with Crippen LogP contribution in [0.25, 0.3) is 0 Å². The first kappa shape index (κ1) is 14.1. The van der Waals surface area contributed by atoms with E-state index in [1.54, 1.807) is 12.1 Å². The van der Waals surface area contributed by atoms with Crippen molar-refractivity contribution >= 4 is 0 Å². The first-order chi connectivity index (χ1) is 10.00. The van der Waals surface area contributed by atoms with Gasteiger partial charge in [0.15, 0.2) is 0 Å². The molecule has 21 heavy (non-hydrogen) atoms. The van der Waals surface area contributed by atoms with Crippen molar-refractivity contribution in [1.29, 1.82) is 0 Å². The van der Waals surface area contributed by atoms with Crippen LogP contribution in [0.15, 0.2) is 42.5 Å². The first-order valence-electron chi connectivity index (χ1n) is 7.26. The fourth-order valence-electron chi connectivity index (χ4n) is 2.93. The van der Waals surface area contributed by atoms with Gasteiger partial charge in [-0.1, -0.05) is 44.2 Å². The van der Waals surface area contributed by atoms with Gasteiger partial charge in [-0.2, -0.15) is 0 Å². The van der Waals surface area contributed by atoms with Crippen LogP contribution in [-0.4, -0.2) is 6.61 Å². The highest BCUT2D eigenvalue weighted by Crippen LogP contribution is 2.41. The number of nitrogens with two attached hydrogens (primary N) is 1. The third-order valence-electron chi connectivity index (χ3n) is 4.45. The number of fused-ring (bicyclic) bond motifs is 1. The Labute approximate surface area is 124 Å². The topological polar surface area (TPSA) is 35.2 Å². The van der Waals surface area contributed by atoms with E-state index >= 15 is 0 Å². The number of rotatable bonds is 3. The molecule has 0 fully saturated rings. The van der Waals surface area contributed by atoms with Gasteiger partial charge in [0.2, 0.25) is 0 Å². The predicted octanol–water partition coefficient (Wildman–Crippen LogP) is 3.74. The van der Waals surface area contributed by atoms with E-state index in [1.807, 2.05) is 12.1 Å². The van der Waals surface area contributed by atoms with Gasteiger partial charge >= 0.3 is 0 Å². The molecule has 0 saturated heterocycles. The summed E-state index contributed by atoms with van der Waals surface area (Å²) in [4.78, 5) is 0. The summed E-state index contributed by atoms with van der Waals surface area (Å²) in [7, 11) is 0. The van der Waals surface area contributed by atoms with Gasteiger partial charge in [-0.15, -0.1) is 0 Å². The maximum atomic E-state index is 13.1. The Morgan fingerprint density at radius 3 is 2.57 bits per heavy atom. The Balaban J connectivity index is 1.99. The lowest BCUT2D eigenvalue weighted by atomic mass is 9.75. The molecular formula is C18H20FNO. The minimum absolute atomic E-state index is 0.212. The second-order valence-corrected chi connectivity index (χ2v) is 6.14. The van der Waals surface area contributed by atoms with Gasteiger partial charge in [-0.05, 0) is 23.3 Å². The SMILES string of the molecule is CC(C)(c1ccc(F)cc1)C(N)c1cccc2c1OCC2. The number of halogens is 1. The summed E-state index contributed by atoms with van der Waals surface area (Å²) < 4.78 is 18.9. The molecule has 1 aliphatic rings. The highest BCUT2D eigenvalue weighted by molar-refractivity contribution is 5.47. The third kappa shape index (κ3) is 2.42. The van der Waals surface area contributed by atoms with E-state index in [-0.39, 0.29) is 17.3 Å². The molecule has 2 N–H and O–H groups in total. The van der Waals surface area contributed by atoms with Crippen LogP contribution < -0.4 is 10.5 Å². The standard InChI is InChI=1S/C18H20FNO/c1-18(2,13-6-8-14(19)9-7-13)17(20)15-5-3-4-12-10-11-21-16(12)15/h3-9,17H,10-11,20H2,1-2H3. The summed E-state index contributed by atoms with van der Waals surface area (Å²) in [5.41, 5.74) is 9.50. The van der Waals surface area contributed by atoms with Crippen LogP contribution in [-0.2, 0) is 11.8 Å². The average molecular weight is 285 g/mol. The number of hydrogen-bond donors (Lipinski definition) is 1. The van der Waals surface area contributed by atoms with E-state index in [1.165, 1.54) is 17.7 Å². The molecule has 3 rings (SSSR count). The molecule has 0 aromatic heterocycles. The fourth-order valence-corrected chi connectivity index (χ4v) is 2.93. The van der Waals surface area contributed by atoms with Crippen LogP contribution in [0.1, 0.15) is 36.6 Å². The van der Waals surface area contributed by atoms with Gasteiger partial charge < -0.3 is 10.5 Å². The molecule has 2 aromatic carbocycles. The Morgan fingerprint density at radius 2 is 1.86 bits per heavy atom. The van der Waals surface area contributed by atoms with Gasteiger partial charge in [0.1, 0.15) is 11.6 Å². The molecule has 0 bridgehead atoms. The van der Waals surface area contributed by atoms with Gasteiger partial charge in [-0.3, -0.25) is 0 Å². The van der Waals surface area contributed by atoms with Crippen molar-refractivity contribution in [3.8, 4) is 5.75 Å². The lowest BCUT2D eigenvalue weighted by Crippen LogP contribution is -2.33. The van der Waals surface area contributed by atoms with Gasteiger partial charge in [0, 0.05) is 23.4 Å². The predicted molar refractivity (Wildman–Crippen MR) is 82.0 cm³/mol. The van der Waals surface area contributed by atoms with Crippen molar-refractivity contribution in [2.45, 2.75) is 31.7 Å². The lowest BCUT2D eigenvalue weighted by molar-refractivity contribution is 0.340. The second-order valence-electron chi connectivity index (χ2n) is 6.14. The third-order valence-corrected chi connectivity index (χ3v) is 4.45. The molecule has 1 atom stereocenters. The van der Waals surface area contributed by atoms with Gasteiger partial charge in [0.25, 0.3) is 0 Å². The minimum Gasteiger partial charge on any atom is -0.493 e. The van der Waals surface area contributed by atoms with Crippen molar-refractivity contribution in [3.63, 3.8) is 0 Å². The van der Waals surface area contributed by atoms with Crippen molar-refractivity contribution in [2.24, 2.45) is 5.73 Å². The fraction of sp³-hybridized carbons (Fsp3) is 0.333. The molecule has 0 aliphatic carbocycles. The van der Waals surface area contributed by atoms with E-state index in [9.17, 15) is 4.39 Å². The monoisotopic (exact) mass is 285 g/mol. The zero-order valence-corrected chi connectivity index (χ0v) is 12.4. The molecule has 2 aromatic rings. The van der Waals surface area contributed by atoms with E-state index in [4.69, 9.17) is 10.5 Å². The van der Waals surface area contributed by atoms with Crippen LogP contribution in [0.3, 0.4) is 0 Å². The maximum Gasteiger partial charge on any atom is 0.127 e. The van der Waals surface area contributed by atoms with E-state index in [2.05, 4.69) is 19.9 Å². The minimum atomic E-state index is -0.311. The molecule has 0 radical (unpaired) electrons. The summed E-state index contributed by atoms with van der Waals surface area (Å²) in [5, 5.41) is 0. The molecule has 3 heteroatoms. The maximum absolute atomic E-state index is 13.1. The average Bonchev–Trinajstić information content (AvgIpc) is 2.95. The van der Waals surface area contributed by atoms with Crippen molar-refractivity contribution in [2.75, 3.05) is 6.61 Å². The molecule has 1 aliphatic heterocycles. The number of benzene rings is 2. The number of hydrogen-bond acceptors (Lipinski definition) is 2. The highest BCUT2D eigenvalue weighted by atomic mass is 19.1. The Bertz CT molecular complexity index is 649. The summed E-state index contributed by atoms with van der Waals surface area (Å²) in [6.45, 7) is 4.88. The summed E-state index contributed by atoms with van der Waals surface area (Å²) in [5.74, 6) is 0.701. The lowest BCUT2D eigenvalue weighted by Gasteiger charge is -2.33. The number of ether oxygens (including phenoxy) is 1. The molecule has 1 heterocycles. The molecule has 110 valence electrons. The van der Waals surface area contributed by atoms with Gasteiger partial charge in [0.05, 0.1) is 6.61 Å². The zero-order chi connectivity index (χ0) is 15.0. The first-order valence-corrected chi connectivity index (χ1v) is 7.26. The van der Waals surface area contributed by atoms with E-state index in [0.29, 0.717) is 0 Å². The zero-order valence-electron chi connectivity index (χ0n) is 12.4. The summed E-state index contributed by atoms with van der Waals surface area (Å²) >= 11 is 0. The van der Waals surface area contributed by atoms with Crippen molar-refractivity contribution < 1.29 is 9.13 Å². The summed E-state index contributed by atoms with van der Waals surface area (Å²) in [6, 6.07) is 12.5. The molecule has 0 amide bonds. The second kappa shape index (κ2) is 5.15. The van der Waals surface area contributed by atoms with Gasteiger partial charge in [-0.25, -0.2) is 4.39 Å². The van der Waals surface area contributed by atoms with Crippen LogP contribution in [0.4, 0.5) is 4.39 Å².